The van der Waals surface area contributed by atoms with Gasteiger partial charge in [0.05, 0.1) is 6.54 Å². The molecule has 0 saturated heterocycles. The van der Waals surface area contributed by atoms with Gasteiger partial charge in [-0.25, -0.2) is 0 Å². The fraction of sp³-hybridized carbons (Fsp3) is 0.562. The van der Waals surface area contributed by atoms with E-state index >= 15 is 0 Å². The van der Waals surface area contributed by atoms with Crippen LogP contribution in [-0.2, 0) is 4.79 Å². The number of benzene rings is 1. The summed E-state index contributed by atoms with van der Waals surface area (Å²) in [5.74, 6) is 0.0965. The monoisotopic (exact) mass is 338 g/mol. The minimum atomic E-state index is 0.0965. The molecule has 0 spiro atoms. The Labute approximate surface area is 129 Å². The van der Waals surface area contributed by atoms with Crippen LogP contribution in [0.15, 0.2) is 22.7 Å². The molecule has 2 N–H and O–H groups in total. The van der Waals surface area contributed by atoms with Gasteiger partial charge in [0.1, 0.15) is 0 Å². The largest absolute Gasteiger partial charge is 0.376 e. The summed E-state index contributed by atoms with van der Waals surface area (Å²) in [4.78, 5) is 12.0. The van der Waals surface area contributed by atoms with E-state index in [1.807, 2.05) is 25.1 Å². The van der Waals surface area contributed by atoms with Crippen molar-refractivity contribution in [1.29, 1.82) is 0 Å². The number of hydrogen-bond acceptors (Lipinski definition) is 2. The first-order valence-corrected chi connectivity index (χ1v) is 8.24. The zero-order valence-electron chi connectivity index (χ0n) is 12.0. The summed E-state index contributed by atoms with van der Waals surface area (Å²) in [6, 6.07) is 6.40. The van der Waals surface area contributed by atoms with Crippen molar-refractivity contribution >= 4 is 27.5 Å². The molecular weight excluding hydrogens is 316 g/mol. The van der Waals surface area contributed by atoms with Crippen LogP contribution >= 0.6 is 15.9 Å². The first kappa shape index (κ1) is 15.4. The van der Waals surface area contributed by atoms with Crippen molar-refractivity contribution in [3.8, 4) is 0 Å². The van der Waals surface area contributed by atoms with Gasteiger partial charge < -0.3 is 10.6 Å². The van der Waals surface area contributed by atoms with Gasteiger partial charge >= 0.3 is 0 Å². The summed E-state index contributed by atoms with van der Waals surface area (Å²) in [6.07, 6.45) is 7.35. The van der Waals surface area contributed by atoms with Crippen LogP contribution in [0, 0.1) is 6.92 Å². The van der Waals surface area contributed by atoms with E-state index in [9.17, 15) is 4.79 Å². The van der Waals surface area contributed by atoms with Crippen molar-refractivity contribution in [3.63, 3.8) is 0 Å². The second-order valence-corrected chi connectivity index (χ2v) is 6.48. The molecule has 0 aromatic heterocycles. The Morgan fingerprint density at radius 2 is 1.95 bits per heavy atom. The zero-order valence-corrected chi connectivity index (χ0v) is 13.6. The van der Waals surface area contributed by atoms with Gasteiger partial charge in [0.2, 0.25) is 5.91 Å². The predicted molar refractivity (Wildman–Crippen MR) is 87.0 cm³/mol. The number of carbonyl (C=O) groups is 1. The quantitative estimate of drug-likeness (QED) is 0.814. The maximum absolute atomic E-state index is 12.0. The van der Waals surface area contributed by atoms with Crippen LogP contribution in [0.3, 0.4) is 0 Å². The number of carbonyl (C=O) groups excluding carboxylic acids is 1. The molecule has 1 aromatic rings. The normalized spacial score (nSPS) is 16.5. The van der Waals surface area contributed by atoms with Gasteiger partial charge in [0.25, 0.3) is 0 Å². The standard InChI is InChI=1S/C16H23BrN2O/c1-12-10-13(17)8-9-15(12)18-11-16(20)19-14-6-4-2-3-5-7-14/h8-10,14,18H,2-7,11H2,1H3,(H,19,20). The van der Waals surface area contributed by atoms with E-state index in [1.165, 1.54) is 25.7 Å². The lowest BCUT2D eigenvalue weighted by atomic mass is 10.1. The van der Waals surface area contributed by atoms with Crippen molar-refractivity contribution in [2.45, 2.75) is 51.5 Å². The van der Waals surface area contributed by atoms with Crippen molar-refractivity contribution in [1.82, 2.24) is 5.32 Å². The molecule has 0 radical (unpaired) electrons. The van der Waals surface area contributed by atoms with E-state index in [0.29, 0.717) is 12.6 Å². The Balaban J connectivity index is 1.79. The Morgan fingerprint density at radius 3 is 2.60 bits per heavy atom. The summed E-state index contributed by atoms with van der Waals surface area (Å²) in [5.41, 5.74) is 2.16. The number of rotatable bonds is 4. The highest BCUT2D eigenvalue weighted by atomic mass is 79.9. The average molecular weight is 339 g/mol. The van der Waals surface area contributed by atoms with E-state index in [4.69, 9.17) is 0 Å². The van der Waals surface area contributed by atoms with Crippen molar-refractivity contribution < 1.29 is 4.79 Å². The Kier molecular flexibility index (Phi) is 5.89. The molecule has 1 aliphatic rings. The fourth-order valence-electron chi connectivity index (χ4n) is 2.70. The fourth-order valence-corrected chi connectivity index (χ4v) is 3.18. The van der Waals surface area contributed by atoms with Gasteiger partial charge in [-0.15, -0.1) is 0 Å². The summed E-state index contributed by atoms with van der Waals surface area (Å²) in [6.45, 7) is 2.38. The van der Waals surface area contributed by atoms with Crippen molar-refractivity contribution in [2.24, 2.45) is 0 Å². The van der Waals surface area contributed by atoms with E-state index in [-0.39, 0.29) is 5.91 Å². The lowest BCUT2D eigenvalue weighted by molar-refractivity contribution is -0.120. The summed E-state index contributed by atoms with van der Waals surface area (Å²) >= 11 is 3.44. The molecule has 0 bridgehead atoms. The molecule has 0 atom stereocenters. The third kappa shape index (κ3) is 4.82. The average Bonchev–Trinajstić information content (AvgIpc) is 2.66. The van der Waals surface area contributed by atoms with Crippen LogP contribution < -0.4 is 10.6 Å². The third-order valence-electron chi connectivity index (χ3n) is 3.85. The summed E-state index contributed by atoms with van der Waals surface area (Å²) in [7, 11) is 0. The van der Waals surface area contributed by atoms with E-state index < -0.39 is 0 Å². The molecule has 1 aromatic carbocycles. The number of aryl methyl sites for hydroxylation is 1. The molecule has 1 saturated carbocycles. The molecule has 3 nitrogen and oxygen atoms in total. The van der Waals surface area contributed by atoms with E-state index in [2.05, 4.69) is 26.6 Å². The lowest BCUT2D eigenvalue weighted by Crippen LogP contribution is -2.38. The Bertz CT molecular complexity index is 454. The second-order valence-electron chi connectivity index (χ2n) is 5.57. The highest BCUT2D eigenvalue weighted by Crippen LogP contribution is 2.20. The number of anilines is 1. The maximum atomic E-state index is 12.0. The molecule has 1 amide bonds. The zero-order chi connectivity index (χ0) is 14.4. The topological polar surface area (TPSA) is 41.1 Å². The number of hydrogen-bond donors (Lipinski definition) is 2. The van der Waals surface area contributed by atoms with Crippen LogP contribution in [0.1, 0.15) is 44.1 Å². The molecule has 1 fully saturated rings. The van der Waals surface area contributed by atoms with Crippen molar-refractivity contribution in [3.05, 3.63) is 28.2 Å². The molecular formula is C16H23BrN2O. The van der Waals surface area contributed by atoms with Crippen molar-refractivity contribution in [2.75, 3.05) is 11.9 Å². The number of nitrogens with one attached hydrogen (secondary N) is 2. The van der Waals surface area contributed by atoms with Gasteiger partial charge in [0.15, 0.2) is 0 Å². The molecule has 20 heavy (non-hydrogen) atoms. The SMILES string of the molecule is Cc1cc(Br)ccc1NCC(=O)NC1CCCCCC1. The van der Waals surface area contributed by atoms with Gasteiger partial charge in [-0.05, 0) is 43.5 Å². The predicted octanol–water partition coefficient (Wildman–Crippen LogP) is 4.01. The van der Waals surface area contributed by atoms with Crippen LogP contribution in [0.2, 0.25) is 0 Å². The first-order chi connectivity index (χ1) is 9.65. The smallest absolute Gasteiger partial charge is 0.239 e. The molecule has 0 unspecified atom stereocenters. The van der Waals surface area contributed by atoms with Crippen LogP contribution in [0.5, 0.6) is 0 Å². The Hall–Kier alpha value is -1.03. The minimum absolute atomic E-state index is 0.0965. The van der Waals surface area contributed by atoms with Gasteiger partial charge in [-0.1, -0.05) is 41.6 Å². The van der Waals surface area contributed by atoms with E-state index in [0.717, 1.165) is 28.6 Å². The maximum Gasteiger partial charge on any atom is 0.239 e. The third-order valence-corrected chi connectivity index (χ3v) is 4.34. The first-order valence-electron chi connectivity index (χ1n) is 7.44. The second kappa shape index (κ2) is 7.67. The highest BCUT2D eigenvalue weighted by molar-refractivity contribution is 9.10. The Morgan fingerprint density at radius 1 is 1.25 bits per heavy atom. The highest BCUT2D eigenvalue weighted by Gasteiger charge is 2.14. The van der Waals surface area contributed by atoms with Crippen LogP contribution in [-0.4, -0.2) is 18.5 Å². The minimum Gasteiger partial charge on any atom is -0.376 e. The number of amides is 1. The lowest BCUT2D eigenvalue weighted by Gasteiger charge is -2.17. The van der Waals surface area contributed by atoms with Gasteiger partial charge in [-0.2, -0.15) is 0 Å². The molecule has 0 aliphatic heterocycles. The molecule has 110 valence electrons. The van der Waals surface area contributed by atoms with Gasteiger partial charge in [0, 0.05) is 16.2 Å². The molecule has 2 rings (SSSR count). The van der Waals surface area contributed by atoms with E-state index in [1.54, 1.807) is 0 Å². The molecule has 4 heteroatoms. The van der Waals surface area contributed by atoms with Gasteiger partial charge in [-0.3, -0.25) is 4.79 Å². The summed E-state index contributed by atoms with van der Waals surface area (Å²) < 4.78 is 1.06. The van der Waals surface area contributed by atoms with Crippen LogP contribution in [0.25, 0.3) is 0 Å². The van der Waals surface area contributed by atoms with Crippen LogP contribution in [0.4, 0.5) is 5.69 Å². The summed E-state index contributed by atoms with van der Waals surface area (Å²) in [5, 5.41) is 6.36. The molecule has 1 aliphatic carbocycles. The number of halogens is 1. The molecule has 0 heterocycles.